The normalized spacial score (nSPS) is 10.9. The molecule has 4 aromatic rings. The molecule has 4 nitrogen and oxygen atoms in total. The molecule has 4 rings (SSSR count). The van der Waals surface area contributed by atoms with Gasteiger partial charge in [-0.15, -0.1) is 0 Å². The van der Waals surface area contributed by atoms with Gasteiger partial charge in [-0.1, -0.05) is 30.3 Å². The molecular weight excluding hydrogens is 300 g/mol. The van der Waals surface area contributed by atoms with Gasteiger partial charge in [0.1, 0.15) is 5.75 Å². The first kappa shape index (κ1) is 14.3. The van der Waals surface area contributed by atoms with Crippen LogP contribution < -0.4 is 10.3 Å². The second-order valence-corrected chi connectivity index (χ2v) is 5.48. The maximum absolute atomic E-state index is 13.0. The number of para-hydroxylation sites is 2. The lowest BCUT2D eigenvalue weighted by atomic mass is 10.2. The Balaban J connectivity index is 2.07. The molecule has 0 aliphatic rings. The molecule has 24 heavy (non-hydrogen) atoms. The quantitative estimate of drug-likeness (QED) is 0.576. The standard InChI is InChI=1S/C20H16N2O2/c1-24-17-13-11-16(12-14-17)22-20(23)18-9-5-6-10-19(18)21(22)15-7-3-2-4-8-15/h2-14H,1H3. The number of fused-ring (bicyclic) bond motifs is 1. The molecule has 0 N–H and O–H groups in total. The first-order valence-corrected chi connectivity index (χ1v) is 7.72. The summed E-state index contributed by atoms with van der Waals surface area (Å²) in [6, 6.07) is 25.0. The predicted octanol–water partition coefficient (Wildman–Crippen LogP) is 3.79. The minimum atomic E-state index is -0.0420. The first-order chi connectivity index (χ1) is 11.8. The summed E-state index contributed by atoms with van der Waals surface area (Å²) in [5.74, 6) is 0.758. The molecular formula is C20H16N2O2. The Labute approximate surface area is 139 Å². The van der Waals surface area contributed by atoms with E-state index in [0.29, 0.717) is 5.39 Å². The molecule has 1 heterocycles. The molecule has 0 atom stereocenters. The van der Waals surface area contributed by atoms with E-state index in [2.05, 4.69) is 0 Å². The van der Waals surface area contributed by atoms with E-state index in [4.69, 9.17) is 4.74 Å². The van der Waals surface area contributed by atoms with E-state index in [-0.39, 0.29) is 5.56 Å². The molecule has 0 radical (unpaired) electrons. The summed E-state index contributed by atoms with van der Waals surface area (Å²) in [6.07, 6.45) is 0. The van der Waals surface area contributed by atoms with Crippen molar-refractivity contribution in [1.29, 1.82) is 0 Å². The Kier molecular flexibility index (Phi) is 3.43. The molecule has 0 bridgehead atoms. The maximum Gasteiger partial charge on any atom is 0.279 e. The highest BCUT2D eigenvalue weighted by Crippen LogP contribution is 2.21. The smallest absolute Gasteiger partial charge is 0.279 e. The summed E-state index contributed by atoms with van der Waals surface area (Å²) in [6.45, 7) is 0. The number of aromatic nitrogens is 2. The van der Waals surface area contributed by atoms with Crippen molar-refractivity contribution in [3.05, 3.63) is 89.2 Å². The third kappa shape index (κ3) is 2.20. The van der Waals surface area contributed by atoms with Crippen molar-refractivity contribution in [3.8, 4) is 17.1 Å². The molecule has 0 saturated carbocycles. The highest BCUT2D eigenvalue weighted by molar-refractivity contribution is 5.81. The van der Waals surface area contributed by atoms with E-state index < -0.39 is 0 Å². The lowest BCUT2D eigenvalue weighted by molar-refractivity contribution is 0.414. The Morgan fingerprint density at radius 2 is 1.33 bits per heavy atom. The molecule has 118 valence electrons. The minimum Gasteiger partial charge on any atom is -0.497 e. The predicted molar refractivity (Wildman–Crippen MR) is 95.4 cm³/mol. The molecule has 1 aromatic heterocycles. The maximum atomic E-state index is 13.0. The van der Waals surface area contributed by atoms with Crippen LogP contribution in [0.25, 0.3) is 22.3 Å². The van der Waals surface area contributed by atoms with Gasteiger partial charge >= 0.3 is 0 Å². The van der Waals surface area contributed by atoms with Crippen LogP contribution in [0, 0.1) is 0 Å². The topological polar surface area (TPSA) is 36.2 Å². The zero-order chi connectivity index (χ0) is 16.5. The molecule has 4 heteroatoms. The Morgan fingerprint density at radius 1 is 0.708 bits per heavy atom. The lowest BCUT2D eigenvalue weighted by Gasteiger charge is -2.13. The zero-order valence-electron chi connectivity index (χ0n) is 13.2. The number of rotatable bonds is 3. The third-order valence-corrected chi connectivity index (χ3v) is 4.07. The summed E-state index contributed by atoms with van der Waals surface area (Å²) in [7, 11) is 1.63. The van der Waals surface area contributed by atoms with Crippen LogP contribution in [-0.2, 0) is 0 Å². The van der Waals surface area contributed by atoms with Gasteiger partial charge in [-0.2, -0.15) is 0 Å². The highest BCUT2D eigenvalue weighted by atomic mass is 16.5. The molecule has 0 aliphatic carbocycles. The van der Waals surface area contributed by atoms with Crippen LogP contribution >= 0.6 is 0 Å². The van der Waals surface area contributed by atoms with E-state index in [9.17, 15) is 4.79 Å². The van der Waals surface area contributed by atoms with Gasteiger partial charge in [0.05, 0.1) is 29.4 Å². The molecule has 0 spiro atoms. The largest absolute Gasteiger partial charge is 0.497 e. The van der Waals surface area contributed by atoms with Crippen molar-refractivity contribution >= 4 is 10.9 Å². The second kappa shape index (κ2) is 5.74. The average molecular weight is 316 g/mol. The van der Waals surface area contributed by atoms with Gasteiger partial charge in [0.2, 0.25) is 0 Å². The van der Waals surface area contributed by atoms with E-state index in [0.717, 1.165) is 22.6 Å². The van der Waals surface area contributed by atoms with Crippen molar-refractivity contribution in [1.82, 2.24) is 9.36 Å². The van der Waals surface area contributed by atoms with Crippen molar-refractivity contribution in [2.75, 3.05) is 7.11 Å². The number of ether oxygens (including phenoxy) is 1. The monoisotopic (exact) mass is 316 g/mol. The molecule has 0 saturated heterocycles. The van der Waals surface area contributed by atoms with E-state index in [1.54, 1.807) is 11.8 Å². The van der Waals surface area contributed by atoms with Gasteiger partial charge < -0.3 is 4.74 Å². The first-order valence-electron chi connectivity index (χ1n) is 7.72. The van der Waals surface area contributed by atoms with Gasteiger partial charge in [-0.05, 0) is 48.5 Å². The molecule has 0 unspecified atom stereocenters. The second-order valence-electron chi connectivity index (χ2n) is 5.48. The summed E-state index contributed by atoms with van der Waals surface area (Å²) in [5.41, 5.74) is 2.57. The number of benzene rings is 3. The summed E-state index contributed by atoms with van der Waals surface area (Å²) in [5, 5.41) is 0.692. The van der Waals surface area contributed by atoms with Crippen molar-refractivity contribution in [2.45, 2.75) is 0 Å². The van der Waals surface area contributed by atoms with Crippen LogP contribution in [0.15, 0.2) is 83.7 Å². The third-order valence-electron chi connectivity index (χ3n) is 4.07. The van der Waals surface area contributed by atoms with Crippen LogP contribution in [0.4, 0.5) is 0 Å². The Bertz CT molecular complexity index is 1040. The number of methoxy groups -OCH3 is 1. The number of hydrogen-bond donors (Lipinski definition) is 0. The van der Waals surface area contributed by atoms with E-state index >= 15 is 0 Å². The van der Waals surface area contributed by atoms with Crippen molar-refractivity contribution in [2.24, 2.45) is 0 Å². The minimum absolute atomic E-state index is 0.0420. The van der Waals surface area contributed by atoms with E-state index in [1.165, 1.54) is 0 Å². The summed E-state index contributed by atoms with van der Waals surface area (Å²) < 4.78 is 8.85. The fourth-order valence-corrected chi connectivity index (χ4v) is 2.93. The SMILES string of the molecule is COc1ccc(-n2c(=O)c3ccccc3n2-c2ccccc2)cc1. The molecule has 0 fully saturated rings. The van der Waals surface area contributed by atoms with Crippen LogP contribution in [0.3, 0.4) is 0 Å². The zero-order valence-corrected chi connectivity index (χ0v) is 13.2. The van der Waals surface area contributed by atoms with Gasteiger partial charge in [0.15, 0.2) is 0 Å². The fraction of sp³-hybridized carbons (Fsp3) is 0.0500. The van der Waals surface area contributed by atoms with Crippen LogP contribution in [-0.4, -0.2) is 16.5 Å². The Hall–Kier alpha value is -3.27. The number of nitrogens with zero attached hydrogens (tertiary/aromatic N) is 2. The average Bonchev–Trinajstić information content (AvgIpc) is 2.95. The van der Waals surface area contributed by atoms with Crippen molar-refractivity contribution < 1.29 is 4.74 Å². The van der Waals surface area contributed by atoms with Crippen molar-refractivity contribution in [3.63, 3.8) is 0 Å². The lowest BCUT2D eigenvalue weighted by Crippen LogP contribution is -2.20. The fourth-order valence-electron chi connectivity index (χ4n) is 2.93. The molecule has 0 aliphatic heterocycles. The summed E-state index contributed by atoms with van der Waals surface area (Å²) in [4.78, 5) is 13.0. The molecule has 3 aromatic carbocycles. The van der Waals surface area contributed by atoms with Crippen LogP contribution in [0.2, 0.25) is 0 Å². The summed E-state index contributed by atoms with van der Waals surface area (Å²) >= 11 is 0. The van der Waals surface area contributed by atoms with Gasteiger partial charge in [0, 0.05) is 0 Å². The molecule has 0 amide bonds. The van der Waals surface area contributed by atoms with E-state index in [1.807, 2.05) is 83.5 Å². The van der Waals surface area contributed by atoms with Gasteiger partial charge in [-0.3, -0.25) is 4.79 Å². The highest BCUT2D eigenvalue weighted by Gasteiger charge is 2.15. The Morgan fingerprint density at radius 3 is 2.04 bits per heavy atom. The van der Waals surface area contributed by atoms with Gasteiger partial charge in [0.25, 0.3) is 5.56 Å². The number of hydrogen-bond acceptors (Lipinski definition) is 2. The van der Waals surface area contributed by atoms with Crippen LogP contribution in [0.5, 0.6) is 5.75 Å². The van der Waals surface area contributed by atoms with Crippen LogP contribution in [0.1, 0.15) is 0 Å². The van der Waals surface area contributed by atoms with Gasteiger partial charge in [-0.25, -0.2) is 9.36 Å².